The lowest BCUT2D eigenvalue weighted by atomic mass is 9.62. The van der Waals surface area contributed by atoms with E-state index in [1.165, 1.54) is 19.3 Å². The lowest BCUT2D eigenvalue weighted by molar-refractivity contribution is 0.222. The Hall–Kier alpha value is -1.02. The highest BCUT2D eigenvalue weighted by atomic mass is 16.3. The van der Waals surface area contributed by atoms with Gasteiger partial charge in [-0.25, -0.2) is 0 Å². The van der Waals surface area contributed by atoms with Gasteiger partial charge in [0.2, 0.25) is 0 Å². The van der Waals surface area contributed by atoms with Crippen molar-refractivity contribution in [3.63, 3.8) is 0 Å². The summed E-state index contributed by atoms with van der Waals surface area (Å²) in [4.78, 5) is 0. The monoisotopic (exact) mass is 205 g/mol. The Kier molecular flexibility index (Phi) is 2.70. The number of phenols is 1. The highest BCUT2D eigenvalue weighted by Crippen LogP contribution is 2.49. The van der Waals surface area contributed by atoms with Gasteiger partial charge in [-0.15, -0.1) is 0 Å². The third kappa shape index (κ3) is 1.74. The highest BCUT2D eigenvalue weighted by Gasteiger charge is 2.39. The molecular weight excluding hydrogens is 186 g/mol. The zero-order chi connectivity index (χ0) is 10.9. The summed E-state index contributed by atoms with van der Waals surface area (Å²) in [5.74, 6) is 0.447. The fourth-order valence-corrected chi connectivity index (χ4v) is 2.62. The summed E-state index contributed by atoms with van der Waals surface area (Å²) in [5, 5.41) is 9.98. The Morgan fingerprint density at radius 1 is 1.40 bits per heavy atom. The van der Waals surface area contributed by atoms with Crippen molar-refractivity contribution in [2.75, 3.05) is 6.54 Å². The van der Waals surface area contributed by atoms with Crippen molar-refractivity contribution in [2.45, 2.75) is 38.0 Å². The van der Waals surface area contributed by atoms with Crippen molar-refractivity contribution in [2.24, 2.45) is 5.73 Å². The van der Waals surface area contributed by atoms with Crippen LogP contribution in [0.5, 0.6) is 5.75 Å². The van der Waals surface area contributed by atoms with Crippen LogP contribution in [0.1, 0.15) is 36.8 Å². The van der Waals surface area contributed by atoms with Gasteiger partial charge in [0.1, 0.15) is 5.75 Å². The Morgan fingerprint density at radius 2 is 2.13 bits per heavy atom. The Labute approximate surface area is 91.1 Å². The summed E-state index contributed by atoms with van der Waals surface area (Å²) in [6, 6.07) is 6.00. The van der Waals surface area contributed by atoms with Crippen molar-refractivity contribution in [3.05, 3.63) is 29.3 Å². The maximum atomic E-state index is 9.98. The second-order valence-corrected chi connectivity index (χ2v) is 4.69. The van der Waals surface area contributed by atoms with Gasteiger partial charge in [-0.05, 0) is 44.4 Å². The molecule has 3 N–H and O–H groups in total. The fraction of sp³-hybridized carbons (Fsp3) is 0.538. The molecule has 15 heavy (non-hydrogen) atoms. The van der Waals surface area contributed by atoms with Gasteiger partial charge in [0, 0.05) is 11.0 Å². The Balaban J connectivity index is 2.34. The first-order valence-electron chi connectivity index (χ1n) is 5.68. The summed E-state index contributed by atoms with van der Waals surface area (Å²) < 4.78 is 0. The standard InChI is InChI=1S/C13H19NO/c1-10-3-4-11(12(15)9-10)13(7-8-14)5-2-6-13/h3-4,9,15H,2,5-8,14H2,1H3. The molecule has 0 heterocycles. The van der Waals surface area contributed by atoms with Crippen LogP contribution >= 0.6 is 0 Å². The van der Waals surface area contributed by atoms with E-state index in [0.717, 1.165) is 17.5 Å². The molecule has 1 aromatic carbocycles. The summed E-state index contributed by atoms with van der Waals surface area (Å²) in [6.45, 7) is 2.70. The normalized spacial score (nSPS) is 18.5. The summed E-state index contributed by atoms with van der Waals surface area (Å²) >= 11 is 0. The molecule has 0 radical (unpaired) electrons. The number of benzene rings is 1. The predicted octanol–water partition coefficient (Wildman–Crippen LogP) is 2.47. The molecule has 0 atom stereocenters. The molecule has 0 aliphatic heterocycles. The molecule has 2 nitrogen and oxygen atoms in total. The van der Waals surface area contributed by atoms with E-state index in [9.17, 15) is 5.11 Å². The molecule has 0 unspecified atom stereocenters. The second kappa shape index (κ2) is 3.86. The number of phenolic OH excluding ortho intramolecular Hbond substituents is 1. The Morgan fingerprint density at radius 3 is 2.60 bits per heavy atom. The minimum Gasteiger partial charge on any atom is -0.508 e. The smallest absolute Gasteiger partial charge is 0.119 e. The molecule has 0 aromatic heterocycles. The lowest BCUT2D eigenvalue weighted by Gasteiger charge is -2.42. The number of aromatic hydroxyl groups is 1. The van der Waals surface area contributed by atoms with Crippen LogP contribution in [0.2, 0.25) is 0 Å². The molecule has 1 saturated carbocycles. The van der Waals surface area contributed by atoms with Gasteiger partial charge in [0.15, 0.2) is 0 Å². The number of rotatable bonds is 3. The largest absolute Gasteiger partial charge is 0.508 e. The van der Waals surface area contributed by atoms with Gasteiger partial charge in [-0.1, -0.05) is 18.6 Å². The minimum atomic E-state index is 0.173. The molecule has 1 aliphatic rings. The zero-order valence-corrected chi connectivity index (χ0v) is 9.29. The van der Waals surface area contributed by atoms with E-state index in [2.05, 4.69) is 12.1 Å². The van der Waals surface area contributed by atoms with Crippen LogP contribution < -0.4 is 5.73 Å². The minimum absolute atomic E-state index is 0.173. The van der Waals surface area contributed by atoms with Crippen molar-refractivity contribution >= 4 is 0 Å². The third-order valence-corrected chi connectivity index (χ3v) is 3.66. The van der Waals surface area contributed by atoms with E-state index in [-0.39, 0.29) is 5.41 Å². The molecule has 0 saturated heterocycles. The van der Waals surface area contributed by atoms with E-state index in [4.69, 9.17) is 5.73 Å². The number of nitrogens with two attached hydrogens (primary N) is 1. The topological polar surface area (TPSA) is 46.2 Å². The molecule has 0 amide bonds. The van der Waals surface area contributed by atoms with Gasteiger partial charge < -0.3 is 10.8 Å². The van der Waals surface area contributed by atoms with Crippen LogP contribution in [-0.2, 0) is 5.41 Å². The number of hydrogen-bond acceptors (Lipinski definition) is 2. The van der Waals surface area contributed by atoms with E-state index in [0.29, 0.717) is 12.3 Å². The summed E-state index contributed by atoms with van der Waals surface area (Å²) in [7, 11) is 0. The SMILES string of the molecule is Cc1ccc(C2(CCN)CCC2)c(O)c1. The number of aryl methyl sites for hydroxylation is 1. The number of hydrogen-bond donors (Lipinski definition) is 2. The molecule has 0 bridgehead atoms. The Bertz CT molecular complexity index is 356. The van der Waals surface area contributed by atoms with Gasteiger partial charge in [-0.3, -0.25) is 0 Å². The molecule has 2 heteroatoms. The summed E-state index contributed by atoms with van der Waals surface area (Å²) in [5.41, 5.74) is 8.04. The van der Waals surface area contributed by atoms with E-state index >= 15 is 0 Å². The molecular formula is C13H19NO. The van der Waals surface area contributed by atoms with Crippen LogP contribution in [0.15, 0.2) is 18.2 Å². The quantitative estimate of drug-likeness (QED) is 0.796. The zero-order valence-electron chi connectivity index (χ0n) is 9.29. The average Bonchev–Trinajstić information content (AvgIpc) is 2.12. The van der Waals surface area contributed by atoms with Crippen molar-refractivity contribution in [3.8, 4) is 5.75 Å². The average molecular weight is 205 g/mol. The van der Waals surface area contributed by atoms with Gasteiger partial charge >= 0.3 is 0 Å². The van der Waals surface area contributed by atoms with Gasteiger partial charge in [0.05, 0.1) is 0 Å². The van der Waals surface area contributed by atoms with E-state index in [1.54, 1.807) is 0 Å². The van der Waals surface area contributed by atoms with Gasteiger partial charge in [-0.2, -0.15) is 0 Å². The van der Waals surface area contributed by atoms with Crippen LogP contribution in [0.25, 0.3) is 0 Å². The molecule has 1 fully saturated rings. The van der Waals surface area contributed by atoms with Crippen molar-refractivity contribution in [1.82, 2.24) is 0 Å². The van der Waals surface area contributed by atoms with Crippen LogP contribution in [0.3, 0.4) is 0 Å². The maximum Gasteiger partial charge on any atom is 0.119 e. The van der Waals surface area contributed by atoms with E-state index in [1.807, 2.05) is 13.0 Å². The summed E-state index contributed by atoms with van der Waals surface area (Å²) in [6.07, 6.45) is 4.58. The van der Waals surface area contributed by atoms with Crippen LogP contribution in [0.4, 0.5) is 0 Å². The first-order chi connectivity index (χ1) is 7.18. The van der Waals surface area contributed by atoms with Crippen LogP contribution in [-0.4, -0.2) is 11.7 Å². The van der Waals surface area contributed by atoms with Crippen molar-refractivity contribution < 1.29 is 5.11 Å². The van der Waals surface area contributed by atoms with E-state index < -0.39 is 0 Å². The molecule has 2 rings (SSSR count). The molecule has 1 aromatic rings. The lowest BCUT2D eigenvalue weighted by Crippen LogP contribution is -2.36. The van der Waals surface area contributed by atoms with Crippen LogP contribution in [0, 0.1) is 6.92 Å². The van der Waals surface area contributed by atoms with Crippen molar-refractivity contribution in [1.29, 1.82) is 0 Å². The second-order valence-electron chi connectivity index (χ2n) is 4.69. The first kappa shape index (κ1) is 10.5. The highest BCUT2D eigenvalue weighted by molar-refractivity contribution is 5.42. The molecule has 82 valence electrons. The predicted molar refractivity (Wildman–Crippen MR) is 62.0 cm³/mol. The first-order valence-corrected chi connectivity index (χ1v) is 5.68. The molecule has 1 aliphatic carbocycles. The molecule has 0 spiro atoms. The maximum absolute atomic E-state index is 9.98. The fourth-order valence-electron chi connectivity index (χ4n) is 2.62. The van der Waals surface area contributed by atoms with Gasteiger partial charge in [0.25, 0.3) is 0 Å². The third-order valence-electron chi connectivity index (χ3n) is 3.66.